The van der Waals surface area contributed by atoms with E-state index in [0.717, 1.165) is 51.2 Å². The molecule has 0 bridgehead atoms. The van der Waals surface area contributed by atoms with Crippen LogP contribution in [0, 0.1) is 0 Å². The molecule has 0 aromatic heterocycles. The summed E-state index contributed by atoms with van der Waals surface area (Å²) in [6.45, 7) is 7.57. The zero-order chi connectivity index (χ0) is 35.3. The normalized spacial score (nSPS) is 13.6. The minimum absolute atomic E-state index is 0.0117. The molecule has 1 heterocycles. The van der Waals surface area contributed by atoms with E-state index in [1.165, 1.54) is 148 Å². The van der Waals surface area contributed by atoms with Gasteiger partial charge < -0.3 is 21.3 Å². The molecule has 4 N–H and O–H groups in total. The fourth-order valence-corrected chi connectivity index (χ4v) is 6.53. The van der Waals surface area contributed by atoms with Crippen LogP contribution in [0.3, 0.4) is 0 Å². The van der Waals surface area contributed by atoms with Crippen LogP contribution < -0.4 is 21.3 Å². The SMILES string of the molecule is CCCCCCCC/C=C\CCCCCCCC(=O)NC(CCNC1=NCCCN1)C(=O)NCCCCCCCCCCCCCCCC. The Morgan fingerprint density at radius 2 is 1.14 bits per heavy atom. The molecule has 1 unspecified atom stereocenters. The van der Waals surface area contributed by atoms with Crippen molar-refractivity contribution in [3.05, 3.63) is 12.2 Å². The van der Waals surface area contributed by atoms with Crippen LogP contribution in [0.2, 0.25) is 0 Å². The van der Waals surface area contributed by atoms with Crippen molar-refractivity contribution in [3.63, 3.8) is 0 Å². The van der Waals surface area contributed by atoms with Crippen molar-refractivity contribution in [3.8, 4) is 0 Å². The van der Waals surface area contributed by atoms with E-state index in [2.05, 4.69) is 52.3 Å². The van der Waals surface area contributed by atoms with Gasteiger partial charge in [-0.15, -0.1) is 0 Å². The van der Waals surface area contributed by atoms with Gasteiger partial charge in [-0.2, -0.15) is 0 Å². The molecule has 0 saturated heterocycles. The van der Waals surface area contributed by atoms with Gasteiger partial charge in [-0.25, -0.2) is 0 Å². The van der Waals surface area contributed by atoms with Crippen LogP contribution in [0.4, 0.5) is 0 Å². The molecule has 0 fully saturated rings. The molecule has 1 aliphatic rings. The summed E-state index contributed by atoms with van der Waals surface area (Å²) in [6.07, 6.45) is 41.5. The van der Waals surface area contributed by atoms with Gasteiger partial charge in [-0.05, 0) is 51.4 Å². The van der Waals surface area contributed by atoms with E-state index in [4.69, 9.17) is 0 Å². The highest BCUT2D eigenvalue weighted by molar-refractivity contribution is 5.87. The van der Waals surface area contributed by atoms with Gasteiger partial charge in [0.15, 0.2) is 5.96 Å². The van der Waals surface area contributed by atoms with Crippen LogP contribution in [-0.2, 0) is 9.59 Å². The maximum absolute atomic E-state index is 13.1. The minimum Gasteiger partial charge on any atom is -0.356 e. The summed E-state index contributed by atoms with van der Waals surface area (Å²) in [7, 11) is 0. The number of nitrogens with zero attached hydrogens (tertiary/aromatic N) is 1. The average molecular weight is 688 g/mol. The molecule has 0 saturated carbocycles. The van der Waals surface area contributed by atoms with E-state index in [9.17, 15) is 9.59 Å². The summed E-state index contributed by atoms with van der Waals surface area (Å²) >= 11 is 0. The molecule has 0 radical (unpaired) electrons. The second-order valence-corrected chi connectivity index (χ2v) is 14.6. The van der Waals surface area contributed by atoms with E-state index >= 15 is 0 Å². The van der Waals surface area contributed by atoms with Crippen LogP contribution in [0.5, 0.6) is 0 Å². The van der Waals surface area contributed by atoms with Crippen LogP contribution in [0.15, 0.2) is 17.1 Å². The van der Waals surface area contributed by atoms with Crippen molar-refractivity contribution in [2.45, 2.75) is 213 Å². The Morgan fingerprint density at radius 1 is 0.653 bits per heavy atom. The Labute approximate surface area is 303 Å². The van der Waals surface area contributed by atoms with E-state index in [0.29, 0.717) is 25.9 Å². The molecule has 0 spiro atoms. The molecule has 0 aromatic rings. The van der Waals surface area contributed by atoms with E-state index < -0.39 is 6.04 Å². The molecule has 0 aromatic carbocycles. The number of guanidine groups is 1. The van der Waals surface area contributed by atoms with Gasteiger partial charge >= 0.3 is 0 Å². The lowest BCUT2D eigenvalue weighted by Gasteiger charge is -2.21. The first kappa shape index (κ1) is 45.0. The Morgan fingerprint density at radius 3 is 1.65 bits per heavy atom. The Hall–Kier alpha value is -2.05. The van der Waals surface area contributed by atoms with Crippen LogP contribution in [-0.4, -0.2) is 50.0 Å². The molecule has 1 rings (SSSR count). The summed E-state index contributed by atoms with van der Waals surface area (Å²) in [6, 6.07) is -0.515. The van der Waals surface area contributed by atoms with Gasteiger partial charge in [0.25, 0.3) is 0 Å². The van der Waals surface area contributed by atoms with Crippen molar-refractivity contribution in [2.75, 3.05) is 26.2 Å². The maximum Gasteiger partial charge on any atom is 0.242 e. The predicted octanol–water partition coefficient (Wildman–Crippen LogP) is 10.4. The molecular formula is C42H81N5O2. The quantitative estimate of drug-likeness (QED) is 0.0394. The number of hydrogen-bond donors (Lipinski definition) is 4. The highest BCUT2D eigenvalue weighted by atomic mass is 16.2. The van der Waals surface area contributed by atoms with E-state index in [1.807, 2.05) is 0 Å². The highest BCUT2D eigenvalue weighted by Crippen LogP contribution is 2.13. The number of hydrogen-bond acceptors (Lipinski definition) is 5. The first-order valence-electron chi connectivity index (χ1n) is 21.4. The van der Waals surface area contributed by atoms with Crippen molar-refractivity contribution < 1.29 is 9.59 Å². The zero-order valence-electron chi connectivity index (χ0n) is 32.5. The molecule has 7 heteroatoms. The third-order valence-electron chi connectivity index (χ3n) is 9.77. The molecular weight excluding hydrogens is 606 g/mol. The molecule has 2 amide bonds. The van der Waals surface area contributed by atoms with Crippen molar-refractivity contribution >= 4 is 17.8 Å². The summed E-state index contributed by atoms with van der Waals surface area (Å²) < 4.78 is 0. The van der Waals surface area contributed by atoms with Crippen LogP contribution in [0.1, 0.15) is 206 Å². The first-order valence-corrected chi connectivity index (χ1v) is 21.4. The second kappa shape index (κ2) is 35.8. The topological polar surface area (TPSA) is 94.6 Å². The molecule has 1 atom stereocenters. The van der Waals surface area contributed by atoms with Crippen LogP contribution in [0.25, 0.3) is 0 Å². The Kier molecular flexibility index (Phi) is 32.8. The van der Waals surface area contributed by atoms with Gasteiger partial charge in [0.2, 0.25) is 11.8 Å². The second-order valence-electron chi connectivity index (χ2n) is 14.6. The highest BCUT2D eigenvalue weighted by Gasteiger charge is 2.20. The monoisotopic (exact) mass is 688 g/mol. The van der Waals surface area contributed by atoms with Crippen molar-refractivity contribution in [1.82, 2.24) is 21.3 Å². The summed E-state index contributed by atoms with van der Waals surface area (Å²) in [5.41, 5.74) is 0. The standard InChI is InChI=1S/C42H81N5O2/c1-3-5-7-9-11-13-15-17-19-20-22-24-26-28-30-33-40(48)47-39(34-38-46-42-44-36-32-37-45-42)41(49)43-35-31-29-27-25-23-21-18-16-14-12-10-8-6-4-2/h17,19,39H,3-16,18,20-38H2,1-2H3,(H,43,49)(H,47,48)(H2,44,45,46)/b19-17-. The Balaban J connectivity index is 2.17. The lowest BCUT2D eigenvalue weighted by molar-refractivity contribution is -0.129. The molecule has 286 valence electrons. The van der Waals surface area contributed by atoms with Crippen molar-refractivity contribution in [2.24, 2.45) is 4.99 Å². The molecule has 7 nitrogen and oxygen atoms in total. The van der Waals surface area contributed by atoms with Crippen molar-refractivity contribution in [1.29, 1.82) is 0 Å². The number of unbranched alkanes of at least 4 members (excludes halogenated alkanes) is 24. The fraction of sp³-hybridized carbons (Fsp3) is 0.881. The zero-order valence-corrected chi connectivity index (χ0v) is 32.5. The van der Waals surface area contributed by atoms with Gasteiger partial charge in [0.1, 0.15) is 6.04 Å². The van der Waals surface area contributed by atoms with Crippen LogP contribution >= 0.6 is 0 Å². The number of allylic oxidation sites excluding steroid dienone is 2. The largest absolute Gasteiger partial charge is 0.356 e. The van der Waals surface area contributed by atoms with E-state index in [1.54, 1.807) is 0 Å². The maximum atomic E-state index is 13.1. The lowest BCUT2D eigenvalue weighted by Crippen LogP contribution is -2.49. The van der Waals surface area contributed by atoms with Gasteiger partial charge in [-0.3, -0.25) is 14.6 Å². The smallest absolute Gasteiger partial charge is 0.242 e. The third kappa shape index (κ3) is 30.5. The Bertz CT molecular complexity index is 815. The molecule has 1 aliphatic heterocycles. The molecule has 0 aliphatic carbocycles. The predicted molar refractivity (Wildman–Crippen MR) is 212 cm³/mol. The van der Waals surface area contributed by atoms with Gasteiger partial charge in [0.05, 0.1) is 0 Å². The fourth-order valence-electron chi connectivity index (χ4n) is 6.53. The summed E-state index contributed by atoms with van der Waals surface area (Å²) in [5.74, 6) is 0.725. The third-order valence-corrected chi connectivity index (χ3v) is 9.77. The minimum atomic E-state index is -0.515. The molecule has 49 heavy (non-hydrogen) atoms. The van der Waals surface area contributed by atoms with Gasteiger partial charge in [-0.1, -0.05) is 161 Å². The van der Waals surface area contributed by atoms with E-state index in [-0.39, 0.29) is 11.8 Å². The lowest BCUT2D eigenvalue weighted by atomic mass is 10.0. The number of aliphatic imine (C=N–C) groups is 1. The number of amides is 2. The average Bonchev–Trinajstić information content (AvgIpc) is 3.11. The number of rotatable bonds is 35. The number of carbonyl (C=O) groups is 2. The summed E-state index contributed by atoms with van der Waals surface area (Å²) in [4.78, 5) is 30.4. The number of carbonyl (C=O) groups excluding carboxylic acids is 2. The number of nitrogens with one attached hydrogen (secondary N) is 4. The first-order chi connectivity index (χ1) is 24.2. The van der Waals surface area contributed by atoms with Gasteiger partial charge in [0, 0.05) is 32.6 Å². The summed E-state index contributed by atoms with van der Waals surface area (Å²) in [5, 5.41) is 12.7.